The molecule has 0 atom stereocenters. The second kappa shape index (κ2) is 6.17. The summed E-state index contributed by atoms with van der Waals surface area (Å²) in [5.74, 6) is 0.456. The van der Waals surface area contributed by atoms with Crippen molar-refractivity contribution < 1.29 is 9.21 Å². The molecule has 0 spiro atoms. The van der Waals surface area contributed by atoms with Crippen LogP contribution in [-0.2, 0) is 6.42 Å². The number of likely N-dealkylation sites (N-methyl/N-ethyl adjacent to an activating group) is 1. The number of Topliss-reactive ketones (excluding diaryl/α,β-unsaturated/α-hetero) is 1. The lowest BCUT2D eigenvalue weighted by Crippen LogP contribution is -2.27. The van der Waals surface area contributed by atoms with E-state index in [9.17, 15) is 4.79 Å². The third-order valence-electron chi connectivity index (χ3n) is 2.83. The molecule has 2 rings (SSSR count). The number of hydrogen-bond donors (Lipinski definition) is 0. The number of hydrogen-bond acceptors (Lipinski definition) is 3. The van der Waals surface area contributed by atoms with Gasteiger partial charge in [0, 0.05) is 6.54 Å². The zero-order valence-electron chi connectivity index (χ0n) is 10.5. The Hall–Kier alpha value is -1.87. The Labute approximate surface area is 107 Å². The standard InChI is InChI=1S/C15H17NO2/c1-16(10-9-13-6-3-2-4-7-13)12-14(17)15-8-5-11-18-15/h2-8,11H,9-10,12H2,1H3. The van der Waals surface area contributed by atoms with Gasteiger partial charge in [-0.25, -0.2) is 0 Å². The minimum atomic E-state index is 0.0237. The van der Waals surface area contributed by atoms with Crippen LogP contribution in [0.15, 0.2) is 53.1 Å². The summed E-state index contributed by atoms with van der Waals surface area (Å²) >= 11 is 0. The highest BCUT2D eigenvalue weighted by atomic mass is 16.3. The van der Waals surface area contributed by atoms with Gasteiger partial charge in [-0.05, 0) is 31.2 Å². The van der Waals surface area contributed by atoms with Crippen molar-refractivity contribution in [2.75, 3.05) is 20.1 Å². The summed E-state index contributed by atoms with van der Waals surface area (Å²) in [6, 6.07) is 13.7. The van der Waals surface area contributed by atoms with Crippen LogP contribution in [0.4, 0.5) is 0 Å². The molecule has 1 aromatic heterocycles. The molecule has 2 aromatic rings. The third-order valence-corrected chi connectivity index (χ3v) is 2.83. The fourth-order valence-corrected chi connectivity index (χ4v) is 1.80. The summed E-state index contributed by atoms with van der Waals surface area (Å²) in [5.41, 5.74) is 1.29. The normalized spacial score (nSPS) is 10.8. The Morgan fingerprint density at radius 1 is 1.17 bits per heavy atom. The van der Waals surface area contributed by atoms with Gasteiger partial charge in [0.15, 0.2) is 5.76 Å². The maximum Gasteiger partial charge on any atom is 0.211 e. The zero-order chi connectivity index (χ0) is 12.8. The summed E-state index contributed by atoms with van der Waals surface area (Å²) in [5, 5.41) is 0. The van der Waals surface area contributed by atoms with Gasteiger partial charge in [-0.2, -0.15) is 0 Å². The van der Waals surface area contributed by atoms with E-state index in [2.05, 4.69) is 12.1 Å². The van der Waals surface area contributed by atoms with Crippen LogP contribution in [0, 0.1) is 0 Å². The molecule has 0 unspecified atom stereocenters. The van der Waals surface area contributed by atoms with Crippen molar-refractivity contribution >= 4 is 5.78 Å². The fourth-order valence-electron chi connectivity index (χ4n) is 1.80. The van der Waals surface area contributed by atoms with Gasteiger partial charge in [0.1, 0.15) is 0 Å². The highest BCUT2D eigenvalue weighted by Crippen LogP contribution is 2.04. The lowest BCUT2D eigenvalue weighted by molar-refractivity contribution is 0.0919. The lowest BCUT2D eigenvalue weighted by atomic mass is 10.1. The van der Waals surface area contributed by atoms with E-state index in [1.807, 2.05) is 30.1 Å². The van der Waals surface area contributed by atoms with Crippen LogP contribution < -0.4 is 0 Å². The highest BCUT2D eigenvalue weighted by Gasteiger charge is 2.11. The Morgan fingerprint density at radius 3 is 2.61 bits per heavy atom. The van der Waals surface area contributed by atoms with Gasteiger partial charge in [-0.15, -0.1) is 0 Å². The molecule has 0 aliphatic rings. The van der Waals surface area contributed by atoms with E-state index < -0.39 is 0 Å². The molecule has 0 N–H and O–H groups in total. The van der Waals surface area contributed by atoms with Crippen molar-refractivity contribution in [3.05, 3.63) is 60.1 Å². The first-order valence-corrected chi connectivity index (χ1v) is 6.05. The summed E-state index contributed by atoms with van der Waals surface area (Å²) in [4.78, 5) is 13.8. The summed E-state index contributed by atoms with van der Waals surface area (Å²) in [7, 11) is 1.95. The number of ketones is 1. The topological polar surface area (TPSA) is 33.5 Å². The first-order chi connectivity index (χ1) is 8.75. The Balaban J connectivity index is 1.79. The van der Waals surface area contributed by atoms with E-state index in [1.165, 1.54) is 11.8 Å². The van der Waals surface area contributed by atoms with Crippen molar-refractivity contribution in [1.29, 1.82) is 0 Å². The molecule has 1 aromatic carbocycles. The van der Waals surface area contributed by atoms with Crippen LogP contribution >= 0.6 is 0 Å². The van der Waals surface area contributed by atoms with Gasteiger partial charge in [0.25, 0.3) is 0 Å². The Bertz CT molecular complexity index is 476. The number of carbonyl (C=O) groups is 1. The first-order valence-electron chi connectivity index (χ1n) is 6.05. The molecule has 18 heavy (non-hydrogen) atoms. The zero-order valence-corrected chi connectivity index (χ0v) is 10.5. The van der Waals surface area contributed by atoms with Gasteiger partial charge in [-0.1, -0.05) is 30.3 Å². The average molecular weight is 243 g/mol. The third kappa shape index (κ3) is 3.57. The maximum atomic E-state index is 11.8. The molecular weight excluding hydrogens is 226 g/mol. The predicted octanol–water partition coefficient (Wildman–Crippen LogP) is 2.64. The number of carbonyl (C=O) groups excluding carboxylic acids is 1. The molecule has 0 aliphatic carbocycles. The van der Waals surface area contributed by atoms with E-state index in [-0.39, 0.29) is 5.78 Å². The molecule has 0 amide bonds. The molecule has 0 fully saturated rings. The van der Waals surface area contributed by atoms with Crippen molar-refractivity contribution in [2.45, 2.75) is 6.42 Å². The van der Waals surface area contributed by atoms with Crippen LogP contribution in [0.2, 0.25) is 0 Å². The minimum Gasteiger partial charge on any atom is -0.461 e. The monoisotopic (exact) mass is 243 g/mol. The number of furan rings is 1. The smallest absolute Gasteiger partial charge is 0.211 e. The SMILES string of the molecule is CN(CCc1ccccc1)CC(=O)c1ccco1. The molecule has 3 nitrogen and oxygen atoms in total. The van der Waals surface area contributed by atoms with Crippen molar-refractivity contribution in [2.24, 2.45) is 0 Å². The van der Waals surface area contributed by atoms with Crippen LogP contribution in [0.1, 0.15) is 16.1 Å². The molecule has 0 aliphatic heterocycles. The lowest BCUT2D eigenvalue weighted by Gasteiger charge is -2.14. The second-order valence-corrected chi connectivity index (χ2v) is 4.37. The van der Waals surface area contributed by atoms with Crippen LogP contribution in [0.25, 0.3) is 0 Å². The van der Waals surface area contributed by atoms with E-state index in [0.717, 1.165) is 13.0 Å². The van der Waals surface area contributed by atoms with E-state index in [0.29, 0.717) is 12.3 Å². The van der Waals surface area contributed by atoms with E-state index in [1.54, 1.807) is 12.1 Å². The van der Waals surface area contributed by atoms with Crippen molar-refractivity contribution in [3.63, 3.8) is 0 Å². The van der Waals surface area contributed by atoms with E-state index >= 15 is 0 Å². The molecule has 94 valence electrons. The molecule has 3 heteroatoms. The minimum absolute atomic E-state index is 0.0237. The van der Waals surface area contributed by atoms with Gasteiger partial charge in [0.05, 0.1) is 12.8 Å². The van der Waals surface area contributed by atoms with Gasteiger partial charge < -0.3 is 4.42 Å². The molecule has 0 bridgehead atoms. The van der Waals surface area contributed by atoms with Gasteiger partial charge >= 0.3 is 0 Å². The molecule has 0 saturated heterocycles. The van der Waals surface area contributed by atoms with Crippen LogP contribution in [0.5, 0.6) is 0 Å². The Kier molecular flexibility index (Phi) is 4.31. The summed E-state index contributed by atoms with van der Waals surface area (Å²) in [6.45, 7) is 1.25. The van der Waals surface area contributed by atoms with Crippen molar-refractivity contribution in [3.8, 4) is 0 Å². The molecule has 0 saturated carbocycles. The number of rotatable bonds is 6. The average Bonchev–Trinajstić information content (AvgIpc) is 2.91. The second-order valence-electron chi connectivity index (χ2n) is 4.37. The molecular formula is C15H17NO2. The van der Waals surface area contributed by atoms with Crippen molar-refractivity contribution in [1.82, 2.24) is 4.90 Å². The Morgan fingerprint density at radius 2 is 1.94 bits per heavy atom. The summed E-state index contributed by atoms with van der Waals surface area (Å²) in [6.07, 6.45) is 2.47. The predicted molar refractivity (Wildman–Crippen MR) is 70.7 cm³/mol. The molecule has 1 heterocycles. The maximum absolute atomic E-state index is 11.8. The summed E-state index contributed by atoms with van der Waals surface area (Å²) < 4.78 is 5.08. The van der Waals surface area contributed by atoms with Crippen LogP contribution in [0.3, 0.4) is 0 Å². The van der Waals surface area contributed by atoms with Gasteiger partial charge in [-0.3, -0.25) is 9.69 Å². The first kappa shape index (κ1) is 12.6. The number of nitrogens with zero attached hydrogens (tertiary/aromatic N) is 1. The fraction of sp³-hybridized carbons (Fsp3) is 0.267. The van der Waals surface area contributed by atoms with Gasteiger partial charge in [0.2, 0.25) is 5.78 Å². The van der Waals surface area contributed by atoms with Crippen LogP contribution in [-0.4, -0.2) is 30.8 Å². The number of benzene rings is 1. The largest absolute Gasteiger partial charge is 0.461 e. The quantitative estimate of drug-likeness (QED) is 0.731. The van der Waals surface area contributed by atoms with E-state index in [4.69, 9.17) is 4.42 Å². The highest BCUT2D eigenvalue weighted by molar-refractivity contribution is 5.94. The molecule has 0 radical (unpaired) electrons.